The highest BCUT2D eigenvalue weighted by atomic mass is 32.1. The summed E-state index contributed by atoms with van der Waals surface area (Å²) in [5.74, 6) is 0.551. The van der Waals surface area contributed by atoms with Crippen molar-refractivity contribution < 1.29 is 9.53 Å². The normalized spacial score (nSPS) is 16.0. The quantitative estimate of drug-likeness (QED) is 0.649. The van der Waals surface area contributed by atoms with Gasteiger partial charge in [0.05, 0.1) is 25.8 Å². The first kappa shape index (κ1) is 18.7. The van der Waals surface area contributed by atoms with Crippen LogP contribution in [0.4, 0.5) is 0 Å². The van der Waals surface area contributed by atoms with E-state index >= 15 is 0 Å². The number of carbonyl (C=O) groups is 1. The summed E-state index contributed by atoms with van der Waals surface area (Å²) in [6, 6.07) is 14.0. The Hall–Kier alpha value is -2.62. The van der Waals surface area contributed by atoms with Gasteiger partial charge in [0.2, 0.25) is 5.91 Å². The molecule has 0 saturated carbocycles. The maximum atomic E-state index is 12.4. The van der Waals surface area contributed by atoms with Crippen molar-refractivity contribution in [2.45, 2.75) is 19.1 Å². The van der Waals surface area contributed by atoms with E-state index in [1.54, 1.807) is 16.0 Å². The highest BCUT2D eigenvalue weighted by Crippen LogP contribution is 2.27. The van der Waals surface area contributed by atoms with Crippen LogP contribution in [0.2, 0.25) is 0 Å². The van der Waals surface area contributed by atoms with Gasteiger partial charge in [-0.15, -0.1) is 16.4 Å². The molecule has 1 fully saturated rings. The Morgan fingerprint density at radius 3 is 2.75 bits per heavy atom. The number of benzene rings is 1. The molecule has 1 atom stereocenters. The van der Waals surface area contributed by atoms with Crippen molar-refractivity contribution in [2.24, 2.45) is 0 Å². The summed E-state index contributed by atoms with van der Waals surface area (Å²) in [4.78, 5) is 15.8. The average Bonchev–Trinajstić information content (AvgIpc) is 3.41. The number of rotatable bonds is 7. The van der Waals surface area contributed by atoms with Gasteiger partial charge in [-0.2, -0.15) is 0 Å². The number of morpholine rings is 1. The molecule has 4 rings (SSSR count). The number of hydrogen-bond donors (Lipinski definition) is 1. The van der Waals surface area contributed by atoms with Crippen molar-refractivity contribution >= 4 is 17.2 Å². The summed E-state index contributed by atoms with van der Waals surface area (Å²) in [5.41, 5.74) is 1.10. The summed E-state index contributed by atoms with van der Waals surface area (Å²) in [5, 5.41) is 17.1. The van der Waals surface area contributed by atoms with E-state index in [9.17, 15) is 4.79 Å². The zero-order chi connectivity index (χ0) is 19.2. The standard InChI is InChI=1S/C19H22N6O2S/c26-17(20-13-16-7-4-12-28-16)14-25-19(21-22-23-25)18(15-5-2-1-3-6-15)24-8-10-27-11-9-24/h1-7,12,18H,8-11,13-14H2,(H,20,26)/t18-/m0/s1. The second-order valence-corrected chi connectivity index (χ2v) is 7.54. The summed E-state index contributed by atoms with van der Waals surface area (Å²) < 4.78 is 7.10. The monoisotopic (exact) mass is 398 g/mol. The third-order valence-electron chi connectivity index (χ3n) is 4.66. The Bertz CT molecular complexity index is 877. The van der Waals surface area contributed by atoms with Crippen LogP contribution in [0.5, 0.6) is 0 Å². The molecule has 9 heteroatoms. The highest BCUT2D eigenvalue weighted by molar-refractivity contribution is 7.09. The van der Waals surface area contributed by atoms with E-state index in [0.717, 1.165) is 23.5 Å². The number of nitrogens with one attached hydrogen (secondary N) is 1. The van der Waals surface area contributed by atoms with Gasteiger partial charge in [0.25, 0.3) is 0 Å². The lowest BCUT2D eigenvalue weighted by Gasteiger charge is -2.33. The molecule has 0 radical (unpaired) electrons. The molecule has 146 valence electrons. The van der Waals surface area contributed by atoms with Crippen LogP contribution in [-0.4, -0.2) is 57.3 Å². The average molecular weight is 398 g/mol. The van der Waals surface area contributed by atoms with Gasteiger partial charge in [0, 0.05) is 18.0 Å². The molecule has 1 aliphatic rings. The zero-order valence-electron chi connectivity index (χ0n) is 15.4. The van der Waals surface area contributed by atoms with Crippen LogP contribution in [0.1, 0.15) is 22.3 Å². The Kier molecular flexibility index (Phi) is 6.05. The first-order chi connectivity index (χ1) is 13.8. The number of thiophene rings is 1. The fourth-order valence-electron chi connectivity index (χ4n) is 3.30. The Balaban J connectivity index is 1.52. The predicted molar refractivity (Wildman–Crippen MR) is 105 cm³/mol. The molecule has 2 aromatic heterocycles. The van der Waals surface area contributed by atoms with Crippen molar-refractivity contribution in [3.05, 3.63) is 64.1 Å². The topological polar surface area (TPSA) is 85.2 Å². The Morgan fingerprint density at radius 1 is 1.18 bits per heavy atom. The molecule has 0 spiro atoms. The smallest absolute Gasteiger partial charge is 0.242 e. The second-order valence-electron chi connectivity index (χ2n) is 6.51. The zero-order valence-corrected chi connectivity index (χ0v) is 16.2. The molecule has 0 aliphatic carbocycles. The summed E-state index contributed by atoms with van der Waals surface area (Å²) in [6.07, 6.45) is 0. The molecule has 1 amide bonds. The van der Waals surface area contributed by atoms with Crippen LogP contribution in [0, 0.1) is 0 Å². The van der Waals surface area contributed by atoms with Crippen molar-refractivity contribution in [3.63, 3.8) is 0 Å². The molecule has 0 unspecified atom stereocenters. The number of nitrogens with zero attached hydrogens (tertiary/aromatic N) is 5. The van der Waals surface area contributed by atoms with E-state index in [-0.39, 0.29) is 18.5 Å². The Morgan fingerprint density at radius 2 is 2.00 bits per heavy atom. The predicted octanol–water partition coefficient (Wildman–Crippen LogP) is 1.47. The molecule has 1 saturated heterocycles. The molecule has 3 heterocycles. The van der Waals surface area contributed by atoms with Crippen molar-refractivity contribution in [2.75, 3.05) is 26.3 Å². The molecular formula is C19H22N6O2S. The van der Waals surface area contributed by atoms with Crippen molar-refractivity contribution in [3.8, 4) is 0 Å². The fourth-order valence-corrected chi connectivity index (χ4v) is 3.95. The summed E-state index contributed by atoms with van der Waals surface area (Å²) in [6.45, 7) is 3.52. The van der Waals surface area contributed by atoms with Crippen LogP contribution in [0.3, 0.4) is 0 Å². The third-order valence-corrected chi connectivity index (χ3v) is 5.54. The fraction of sp³-hybridized carbons (Fsp3) is 0.368. The van der Waals surface area contributed by atoms with Crippen molar-refractivity contribution in [1.82, 2.24) is 30.4 Å². The molecule has 8 nitrogen and oxygen atoms in total. The molecular weight excluding hydrogens is 376 g/mol. The van der Waals surface area contributed by atoms with Gasteiger partial charge in [-0.05, 0) is 27.4 Å². The van der Waals surface area contributed by atoms with Crippen LogP contribution < -0.4 is 5.32 Å². The van der Waals surface area contributed by atoms with Gasteiger partial charge in [0.1, 0.15) is 6.54 Å². The van der Waals surface area contributed by atoms with E-state index < -0.39 is 0 Å². The lowest BCUT2D eigenvalue weighted by molar-refractivity contribution is -0.122. The van der Waals surface area contributed by atoms with E-state index in [4.69, 9.17) is 4.74 Å². The van der Waals surface area contributed by atoms with Gasteiger partial charge < -0.3 is 10.1 Å². The molecule has 1 aromatic carbocycles. The lowest BCUT2D eigenvalue weighted by atomic mass is 10.0. The minimum atomic E-state index is -0.120. The number of amides is 1. The number of carbonyl (C=O) groups excluding carboxylic acids is 1. The lowest BCUT2D eigenvalue weighted by Crippen LogP contribution is -2.41. The minimum Gasteiger partial charge on any atom is -0.379 e. The van der Waals surface area contributed by atoms with Gasteiger partial charge >= 0.3 is 0 Å². The molecule has 28 heavy (non-hydrogen) atoms. The molecule has 1 N–H and O–H groups in total. The Labute approximate surface area is 167 Å². The SMILES string of the molecule is O=C(Cn1nnnc1[C@H](c1ccccc1)N1CCOCC1)NCc1cccs1. The maximum absolute atomic E-state index is 12.4. The highest BCUT2D eigenvalue weighted by Gasteiger charge is 2.29. The van der Waals surface area contributed by atoms with E-state index in [2.05, 4.69) is 37.9 Å². The first-order valence-corrected chi connectivity index (χ1v) is 10.1. The first-order valence-electron chi connectivity index (χ1n) is 9.23. The third kappa shape index (κ3) is 4.44. The number of tetrazole rings is 1. The van der Waals surface area contributed by atoms with E-state index in [1.807, 2.05) is 35.7 Å². The van der Waals surface area contributed by atoms with Crippen LogP contribution >= 0.6 is 11.3 Å². The van der Waals surface area contributed by atoms with Gasteiger partial charge in [-0.1, -0.05) is 36.4 Å². The minimum absolute atomic E-state index is 0.0847. The number of aromatic nitrogens is 4. The van der Waals surface area contributed by atoms with E-state index in [0.29, 0.717) is 25.6 Å². The van der Waals surface area contributed by atoms with Crippen molar-refractivity contribution in [1.29, 1.82) is 0 Å². The largest absolute Gasteiger partial charge is 0.379 e. The van der Waals surface area contributed by atoms with Crippen LogP contribution in [0.15, 0.2) is 47.8 Å². The van der Waals surface area contributed by atoms with Crippen LogP contribution in [-0.2, 0) is 22.6 Å². The number of hydrogen-bond acceptors (Lipinski definition) is 7. The van der Waals surface area contributed by atoms with Gasteiger partial charge in [-0.25, -0.2) is 4.68 Å². The number of ether oxygens (including phenoxy) is 1. The maximum Gasteiger partial charge on any atom is 0.242 e. The molecule has 1 aliphatic heterocycles. The van der Waals surface area contributed by atoms with Crippen LogP contribution in [0.25, 0.3) is 0 Å². The molecule has 0 bridgehead atoms. The summed E-state index contributed by atoms with van der Waals surface area (Å²) >= 11 is 1.62. The van der Waals surface area contributed by atoms with Gasteiger partial charge in [0.15, 0.2) is 5.82 Å². The summed E-state index contributed by atoms with van der Waals surface area (Å²) in [7, 11) is 0. The van der Waals surface area contributed by atoms with Gasteiger partial charge in [-0.3, -0.25) is 9.69 Å². The van der Waals surface area contributed by atoms with E-state index in [1.165, 1.54) is 0 Å². The second kappa shape index (κ2) is 9.05. The molecule has 3 aromatic rings.